The molecule has 0 aliphatic heterocycles. The van der Waals surface area contributed by atoms with E-state index in [1.165, 1.54) is 10.8 Å². The predicted molar refractivity (Wildman–Crippen MR) is 75.2 cm³/mol. The molecule has 2 aromatic carbocycles. The van der Waals surface area contributed by atoms with Crippen molar-refractivity contribution in [2.45, 2.75) is 26.3 Å². The predicted octanol–water partition coefficient (Wildman–Crippen LogP) is 3.18. The van der Waals surface area contributed by atoms with Gasteiger partial charge < -0.3 is 10.5 Å². The lowest BCUT2D eigenvalue weighted by Gasteiger charge is -2.07. The van der Waals surface area contributed by atoms with E-state index in [0.717, 1.165) is 11.8 Å². The number of hydrogen-bond acceptors (Lipinski definition) is 2. The lowest BCUT2D eigenvalue weighted by molar-refractivity contribution is -0.108. The van der Waals surface area contributed by atoms with Gasteiger partial charge in [0, 0.05) is 1.43 Å². The van der Waals surface area contributed by atoms with E-state index in [1.54, 1.807) is 0 Å². The van der Waals surface area contributed by atoms with Crippen LogP contribution >= 0.6 is 0 Å². The number of carbonyl (C=O) groups excluding carboxylic acids is 1. The van der Waals surface area contributed by atoms with Crippen LogP contribution in [0, 0.1) is 0 Å². The van der Waals surface area contributed by atoms with E-state index in [4.69, 9.17) is 5.73 Å². The Morgan fingerprint density at radius 1 is 1.18 bits per heavy atom. The van der Waals surface area contributed by atoms with Gasteiger partial charge >= 0.3 is 0 Å². The molecular weight excluding hydrogens is 210 g/mol. The average Bonchev–Trinajstić information content (AvgIpc) is 2.41. The zero-order valence-electron chi connectivity index (χ0n) is 10.4. The summed E-state index contributed by atoms with van der Waals surface area (Å²) in [6, 6.07) is 13.8. The van der Waals surface area contributed by atoms with Crippen LogP contribution in [-0.4, -0.2) is 12.3 Å². The van der Waals surface area contributed by atoms with Gasteiger partial charge in [0.2, 0.25) is 0 Å². The van der Waals surface area contributed by atoms with Gasteiger partial charge in [0.05, 0.1) is 6.04 Å². The third kappa shape index (κ3) is 3.40. The van der Waals surface area contributed by atoms with Crippen LogP contribution in [0.2, 0.25) is 0 Å². The molecule has 0 spiro atoms. The van der Waals surface area contributed by atoms with Crippen LogP contribution in [0.3, 0.4) is 0 Å². The standard InChI is InChI=1S/C13H13NO.C2H6.H2/c14-12(9-15)8-11-6-3-5-10-4-1-2-7-13(10)11;1-2;/h1-7,9,12H,8,14H2;1-2H3;1H/t12-;;/m0../s1. The molecule has 2 nitrogen and oxygen atoms in total. The topological polar surface area (TPSA) is 43.1 Å². The van der Waals surface area contributed by atoms with Gasteiger partial charge in [-0.3, -0.25) is 0 Å². The SMILES string of the molecule is CC.N[C@H](C=O)Cc1cccc2ccccc12.[HH]. The number of carbonyl (C=O) groups is 1. The number of fused-ring (bicyclic) bond motifs is 1. The van der Waals surface area contributed by atoms with Crippen molar-refractivity contribution in [3.05, 3.63) is 48.0 Å². The minimum Gasteiger partial charge on any atom is -0.321 e. The first-order valence-corrected chi connectivity index (χ1v) is 5.99. The molecule has 0 unspecified atom stereocenters. The molecular formula is C15H21NO. The third-order valence-electron chi connectivity index (χ3n) is 2.51. The van der Waals surface area contributed by atoms with Crippen LogP contribution in [0.1, 0.15) is 20.8 Å². The first-order valence-electron chi connectivity index (χ1n) is 5.99. The van der Waals surface area contributed by atoms with E-state index in [0.29, 0.717) is 6.42 Å². The van der Waals surface area contributed by atoms with Crippen LogP contribution in [0.15, 0.2) is 42.5 Å². The number of hydrogen-bond donors (Lipinski definition) is 1. The lowest BCUT2D eigenvalue weighted by atomic mass is 10.00. The minimum absolute atomic E-state index is 0. The van der Waals surface area contributed by atoms with E-state index in [1.807, 2.05) is 38.1 Å². The maximum absolute atomic E-state index is 10.5. The highest BCUT2D eigenvalue weighted by Gasteiger charge is 2.05. The molecule has 0 fully saturated rings. The smallest absolute Gasteiger partial charge is 0.137 e. The second-order valence-corrected chi connectivity index (χ2v) is 3.64. The number of rotatable bonds is 3. The first-order chi connectivity index (χ1) is 8.31. The van der Waals surface area contributed by atoms with Gasteiger partial charge in [0.1, 0.15) is 6.29 Å². The minimum atomic E-state index is -0.407. The van der Waals surface area contributed by atoms with Crippen molar-refractivity contribution in [2.24, 2.45) is 5.73 Å². The van der Waals surface area contributed by atoms with E-state index < -0.39 is 6.04 Å². The van der Waals surface area contributed by atoms with E-state index in [9.17, 15) is 4.79 Å². The normalized spacial score (nSPS) is 11.5. The Balaban J connectivity index is 0.000000917. The highest BCUT2D eigenvalue weighted by Crippen LogP contribution is 2.19. The summed E-state index contributed by atoms with van der Waals surface area (Å²) in [6.07, 6.45) is 1.40. The van der Waals surface area contributed by atoms with Crippen LogP contribution in [0.5, 0.6) is 0 Å². The van der Waals surface area contributed by atoms with Crippen LogP contribution in [-0.2, 0) is 11.2 Å². The number of benzene rings is 2. The van der Waals surface area contributed by atoms with Gasteiger partial charge in [0.15, 0.2) is 0 Å². The summed E-state index contributed by atoms with van der Waals surface area (Å²) in [5, 5.41) is 2.37. The van der Waals surface area contributed by atoms with Crippen molar-refractivity contribution in [3.63, 3.8) is 0 Å². The summed E-state index contributed by atoms with van der Waals surface area (Å²) >= 11 is 0. The van der Waals surface area contributed by atoms with Gasteiger partial charge in [-0.2, -0.15) is 0 Å². The number of nitrogens with two attached hydrogens (primary N) is 1. The van der Waals surface area contributed by atoms with E-state index in [2.05, 4.69) is 18.2 Å². The summed E-state index contributed by atoms with van der Waals surface area (Å²) in [5.41, 5.74) is 6.76. The molecule has 1 atom stereocenters. The van der Waals surface area contributed by atoms with Gasteiger partial charge in [-0.25, -0.2) is 0 Å². The zero-order valence-corrected chi connectivity index (χ0v) is 10.4. The van der Waals surface area contributed by atoms with Crippen LogP contribution in [0.25, 0.3) is 10.8 Å². The Kier molecular flexibility index (Phi) is 5.37. The van der Waals surface area contributed by atoms with Crippen LogP contribution < -0.4 is 5.73 Å². The van der Waals surface area contributed by atoms with Gasteiger partial charge in [-0.05, 0) is 22.8 Å². The Morgan fingerprint density at radius 3 is 2.53 bits per heavy atom. The van der Waals surface area contributed by atoms with E-state index in [-0.39, 0.29) is 1.43 Å². The van der Waals surface area contributed by atoms with Crippen molar-refractivity contribution in [3.8, 4) is 0 Å². The Hall–Kier alpha value is -1.67. The van der Waals surface area contributed by atoms with Gasteiger partial charge in [-0.15, -0.1) is 0 Å². The fraction of sp³-hybridized carbons (Fsp3) is 0.267. The van der Waals surface area contributed by atoms with Crippen molar-refractivity contribution >= 4 is 17.1 Å². The molecule has 2 rings (SSSR count). The summed E-state index contributed by atoms with van der Waals surface area (Å²) in [5.74, 6) is 0. The van der Waals surface area contributed by atoms with Crippen LogP contribution in [0.4, 0.5) is 0 Å². The quantitative estimate of drug-likeness (QED) is 0.824. The molecule has 2 N–H and O–H groups in total. The van der Waals surface area contributed by atoms with Gasteiger partial charge in [0.25, 0.3) is 0 Å². The molecule has 0 radical (unpaired) electrons. The Bertz CT molecular complexity index is 479. The fourth-order valence-corrected chi connectivity index (χ4v) is 1.77. The maximum Gasteiger partial charge on any atom is 0.137 e. The van der Waals surface area contributed by atoms with Crippen molar-refractivity contribution in [1.82, 2.24) is 0 Å². The molecule has 0 aliphatic rings. The molecule has 0 saturated heterocycles. The highest BCUT2D eigenvalue weighted by atomic mass is 16.1. The van der Waals surface area contributed by atoms with Crippen molar-refractivity contribution in [1.29, 1.82) is 0 Å². The van der Waals surface area contributed by atoms with Crippen molar-refractivity contribution < 1.29 is 6.22 Å². The fourth-order valence-electron chi connectivity index (χ4n) is 1.77. The molecule has 17 heavy (non-hydrogen) atoms. The maximum atomic E-state index is 10.5. The Labute approximate surface area is 104 Å². The van der Waals surface area contributed by atoms with Gasteiger partial charge in [-0.1, -0.05) is 56.3 Å². The van der Waals surface area contributed by atoms with E-state index >= 15 is 0 Å². The van der Waals surface area contributed by atoms with Crippen molar-refractivity contribution in [2.75, 3.05) is 0 Å². The summed E-state index contributed by atoms with van der Waals surface area (Å²) in [7, 11) is 0. The average molecular weight is 231 g/mol. The monoisotopic (exact) mass is 231 g/mol. The molecule has 2 heteroatoms. The molecule has 2 aromatic rings. The molecule has 0 amide bonds. The zero-order chi connectivity index (χ0) is 12.7. The highest BCUT2D eigenvalue weighted by molar-refractivity contribution is 5.86. The molecule has 0 heterocycles. The molecule has 0 aliphatic carbocycles. The molecule has 0 bridgehead atoms. The second-order valence-electron chi connectivity index (χ2n) is 3.64. The molecule has 0 saturated carbocycles. The largest absolute Gasteiger partial charge is 0.321 e. The Morgan fingerprint density at radius 2 is 1.82 bits per heavy atom. The molecule has 0 aromatic heterocycles. The third-order valence-corrected chi connectivity index (χ3v) is 2.51. The number of aldehydes is 1. The summed E-state index contributed by atoms with van der Waals surface area (Å²) < 4.78 is 0. The molecule has 92 valence electrons. The second kappa shape index (κ2) is 6.81. The summed E-state index contributed by atoms with van der Waals surface area (Å²) in [4.78, 5) is 10.5. The summed E-state index contributed by atoms with van der Waals surface area (Å²) in [6.45, 7) is 4.00. The first kappa shape index (κ1) is 13.4. The lowest BCUT2D eigenvalue weighted by Crippen LogP contribution is -2.24.